The minimum Gasteiger partial charge on any atom is -0.476 e. The van der Waals surface area contributed by atoms with E-state index in [0.29, 0.717) is 13.0 Å². The van der Waals surface area contributed by atoms with E-state index in [9.17, 15) is 9.59 Å². The van der Waals surface area contributed by atoms with E-state index < -0.39 is 12.1 Å². The molecule has 1 aromatic heterocycles. The van der Waals surface area contributed by atoms with E-state index in [1.54, 1.807) is 0 Å². The van der Waals surface area contributed by atoms with Crippen LogP contribution < -0.4 is 0 Å². The van der Waals surface area contributed by atoms with E-state index in [1.807, 2.05) is 30.3 Å². The van der Waals surface area contributed by atoms with E-state index in [2.05, 4.69) is 4.98 Å². The average molecular weight is 316 g/mol. The van der Waals surface area contributed by atoms with Gasteiger partial charge in [-0.05, 0) is 18.4 Å². The molecule has 1 fully saturated rings. The summed E-state index contributed by atoms with van der Waals surface area (Å²) in [5.74, 6) is -0.923. The lowest BCUT2D eigenvalue weighted by atomic mass is 10.2. The van der Waals surface area contributed by atoms with Gasteiger partial charge in [0, 0.05) is 6.54 Å². The molecule has 23 heavy (non-hydrogen) atoms. The van der Waals surface area contributed by atoms with Gasteiger partial charge in [0.2, 0.25) is 5.89 Å². The maximum Gasteiger partial charge on any atom is 0.410 e. The maximum absolute atomic E-state index is 12.3. The summed E-state index contributed by atoms with van der Waals surface area (Å²) in [6.45, 7) is 0.720. The first-order valence-corrected chi connectivity index (χ1v) is 7.31. The summed E-state index contributed by atoms with van der Waals surface area (Å²) in [7, 11) is 0. The van der Waals surface area contributed by atoms with Crippen molar-refractivity contribution in [3.63, 3.8) is 0 Å². The Morgan fingerprint density at radius 1 is 1.35 bits per heavy atom. The first-order valence-electron chi connectivity index (χ1n) is 7.31. The van der Waals surface area contributed by atoms with Crippen LogP contribution in [0.1, 0.15) is 40.8 Å². The molecular formula is C16H16N2O5. The number of aromatic carboxylic acids is 1. The largest absolute Gasteiger partial charge is 0.476 e. The van der Waals surface area contributed by atoms with E-state index in [0.717, 1.165) is 18.2 Å². The summed E-state index contributed by atoms with van der Waals surface area (Å²) in [6.07, 6.45) is 2.09. The molecule has 2 aromatic rings. The first-order chi connectivity index (χ1) is 11.1. The molecule has 1 amide bonds. The molecule has 7 nitrogen and oxygen atoms in total. The van der Waals surface area contributed by atoms with Gasteiger partial charge in [-0.1, -0.05) is 30.3 Å². The molecule has 1 saturated heterocycles. The molecule has 7 heteroatoms. The highest BCUT2D eigenvalue weighted by molar-refractivity contribution is 5.84. The smallest absolute Gasteiger partial charge is 0.410 e. The molecule has 0 saturated carbocycles. The van der Waals surface area contributed by atoms with Crippen LogP contribution in [-0.2, 0) is 11.3 Å². The fourth-order valence-corrected chi connectivity index (χ4v) is 2.58. The normalized spacial score (nSPS) is 17.2. The lowest BCUT2D eigenvalue weighted by molar-refractivity contribution is 0.0690. The Hall–Kier alpha value is -2.83. The van der Waals surface area contributed by atoms with E-state index in [1.165, 1.54) is 4.90 Å². The van der Waals surface area contributed by atoms with Gasteiger partial charge in [-0.3, -0.25) is 4.90 Å². The molecule has 0 aliphatic carbocycles. The summed E-state index contributed by atoms with van der Waals surface area (Å²) in [5.41, 5.74) is 0.741. The van der Waals surface area contributed by atoms with Gasteiger partial charge in [-0.15, -0.1) is 0 Å². The number of benzene rings is 1. The molecule has 1 aromatic carbocycles. The lowest BCUT2D eigenvalue weighted by Gasteiger charge is -2.21. The molecule has 2 heterocycles. The van der Waals surface area contributed by atoms with E-state index in [-0.39, 0.29) is 24.2 Å². The summed E-state index contributed by atoms with van der Waals surface area (Å²) < 4.78 is 10.5. The number of carbonyl (C=O) groups is 2. The van der Waals surface area contributed by atoms with Crippen LogP contribution in [0.5, 0.6) is 0 Å². The third-order valence-electron chi connectivity index (χ3n) is 3.72. The van der Waals surface area contributed by atoms with Crippen molar-refractivity contribution in [2.24, 2.45) is 0 Å². The summed E-state index contributed by atoms with van der Waals surface area (Å²) in [4.78, 5) is 28.6. The maximum atomic E-state index is 12.3. The van der Waals surface area contributed by atoms with Gasteiger partial charge >= 0.3 is 12.1 Å². The standard InChI is InChI=1S/C16H16N2O5/c19-15(20)12-10-22-14(17-12)13-7-4-8-18(13)16(21)23-9-11-5-2-1-3-6-11/h1-3,5-6,10,13H,4,7-9H2,(H,19,20)/t13-/m1/s1. The zero-order valence-corrected chi connectivity index (χ0v) is 12.3. The molecule has 1 N–H and O–H groups in total. The molecule has 120 valence electrons. The van der Waals surface area contributed by atoms with Gasteiger partial charge in [0.15, 0.2) is 5.69 Å². The van der Waals surface area contributed by atoms with Crippen LogP contribution in [0.25, 0.3) is 0 Å². The second kappa shape index (κ2) is 6.51. The Labute approximate surface area is 132 Å². The monoisotopic (exact) mass is 316 g/mol. The quantitative estimate of drug-likeness (QED) is 0.932. The average Bonchev–Trinajstić information content (AvgIpc) is 3.22. The molecule has 0 radical (unpaired) electrons. The van der Waals surface area contributed by atoms with Crippen LogP contribution in [0, 0.1) is 0 Å². The molecule has 3 rings (SSSR count). The minimum absolute atomic E-state index is 0.162. The number of rotatable bonds is 4. The van der Waals surface area contributed by atoms with Crippen molar-refractivity contribution < 1.29 is 23.8 Å². The number of carboxylic acid groups (broad SMARTS) is 1. The Kier molecular flexibility index (Phi) is 4.27. The number of carboxylic acids is 1. The summed E-state index contributed by atoms with van der Waals surface area (Å²) >= 11 is 0. The number of aromatic nitrogens is 1. The van der Waals surface area contributed by atoms with Gasteiger partial charge in [0.1, 0.15) is 18.9 Å². The second-order valence-corrected chi connectivity index (χ2v) is 5.27. The molecule has 0 unspecified atom stereocenters. The van der Waals surface area contributed by atoms with Crippen LogP contribution in [0.2, 0.25) is 0 Å². The topological polar surface area (TPSA) is 92.9 Å². The van der Waals surface area contributed by atoms with Gasteiger partial charge in [0.25, 0.3) is 0 Å². The van der Waals surface area contributed by atoms with Crippen LogP contribution >= 0.6 is 0 Å². The number of ether oxygens (including phenoxy) is 1. The van der Waals surface area contributed by atoms with Crippen molar-refractivity contribution in [1.29, 1.82) is 0 Å². The van der Waals surface area contributed by atoms with Crippen LogP contribution in [-0.4, -0.2) is 33.6 Å². The van der Waals surface area contributed by atoms with Crippen molar-refractivity contribution >= 4 is 12.1 Å². The number of likely N-dealkylation sites (tertiary alicyclic amines) is 1. The predicted molar refractivity (Wildman–Crippen MR) is 78.8 cm³/mol. The lowest BCUT2D eigenvalue weighted by Crippen LogP contribution is -2.31. The van der Waals surface area contributed by atoms with Crippen molar-refractivity contribution in [2.45, 2.75) is 25.5 Å². The van der Waals surface area contributed by atoms with Crippen molar-refractivity contribution in [3.8, 4) is 0 Å². The highest BCUT2D eigenvalue weighted by Gasteiger charge is 2.34. The Balaban J connectivity index is 1.65. The van der Waals surface area contributed by atoms with Crippen LogP contribution in [0.3, 0.4) is 0 Å². The Bertz CT molecular complexity index is 698. The molecule has 0 bridgehead atoms. The predicted octanol–water partition coefficient (Wildman–Crippen LogP) is 2.85. The van der Waals surface area contributed by atoms with Crippen LogP contribution in [0.4, 0.5) is 4.79 Å². The number of hydrogen-bond donors (Lipinski definition) is 1. The highest BCUT2D eigenvalue weighted by Crippen LogP contribution is 2.32. The number of carbonyl (C=O) groups excluding carboxylic acids is 1. The number of amides is 1. The van der Waals surface area contributed by atoms with E-state index >= 15 is 0 Å². The third kappa shape index (κ3) is 3.33. The fraction of sp³-hybridized carbons (Fsp3) is 0.312. The zero-order chi connectivity index (χ0) is 16.2. The van der Waals surface area contributed by atoms with Crippen molar-refractivity contribution in [1.82, 2.24) is 9.88 Å². The van der Waals surface area contributed by atoms with Crippen molar-refractivity contribution in [3.05, 3.63) is 53.7 Å². The minimum atomic E-state index is -1.16. The summed E-state index contributed by atoms with van der Waals surface area (Å²) in [6, 6.07) is 9.02. The van der Waals surface area contributed by atoms with Crippen molar-refractivity contribution in [2.75, 3.05) is 6.54 Å². The van der Waals surface area contributed by atoms with Crippen LogP contribution in [0.15, 0.2) is 41.0 Å². The molecule has 0 spiro atoms. The third-order valence-corrected chi connectivity index (χ3v) is 3.72. The molecular weight excluding hydrogens is 300 g/mol. The first kappa shape index (κ1) is 15.1. The number of nitrogens with zero attached hydrogens (tertiary/aromatic N) is 2. The van der Waals surface area contributed by atoms with Gasteiger partial charge < -0.3 is 14.3 Å². The number of oxazole rings is 1. The summed E-state index contributed by atoms with van der Waals surface area (Å²) in [5, 5.41) is 8.90. The molecule has 1 aliphatic rings. The zero-order valence-electron chi connectivity index (χ0n) is 12.3. The van der Waals surface area contributed by atoms with Gasteiger partial charge in [-0.25, -0.2) is 14.6 Å². The van der Waals surface area contributed by atoms with Gasteiger partial charge in [-0.2, -0.15) is 0 Å². The SMILES string of the molecule is O=C(O)c1coc([C@H]2CCCN2C(=O)OCc2ccccc2)n1. The Morgan fingerprint density at radius 3 is 2.83 bits per heavy atom. The second-order valence-electron chi connectivity index (χ2n) is 5.27. The van der Waals surface area contributed by atoms with Gasteiger partial charge in [0.05, 0.1) is 0 Å². The molecule has 1 atom stereocenters. The van der Waals surface area contributed by atoms with E-state index in [4.69, 9.17) is 14.3 Å². The fourth-order valence-electron chi connectivity index (χ4n) is 2.58. The number of hydrogen-bond acceptors (Lipinski definition) is 5. The Morgan fingerprint density at radius 2 is 2.13 bits per heavy atom. The molecule has 1 aliphatic heterocycles. The highest BCUT2D eigenvalue weighted by atomic mass is 16.6.